The lowest BCUT2D eigenvalue weighted by molar-refractivity contribution is -0.152. The zero-order valence-corrected chi connectivity index (χ0v) is 18.8. The zero-order chi connectivity index (χ0) is 24.0. The zero-order valence-electron chi connectivity index (χ0n) is 18.8. The van der Waals surface area contributed by atoms with Crippen LogP contribution in [0.3, 0.4) is 0 Å². The van der Waals surface area contributed by atoms with Crippen LogP contribution in [0.4, 0.5) is 19.1 Å². The minimum Gasteiger partial charge on any atom is -0.341 e. The Balaban J connectivity index is 1.26. The summed E-state index contributed by atoms with van der Waals surface area (Å²) < 4.78 is 38.9. The molecule has 1 aromatic heterocycles. The number of nitrogens with zero attached hydrogens (tertiary/aromatic N) is 5. The number of piperazine rings is 1. The van der Waals surface area contributed by atoms with Crippen LogP contribution in [0.1, 0.15) is 48.5 Å². The second kappa shape index (κ2) is 8.56. The molecule has 3 aliphatic rings. The summed E-state index contributed by atoms with van der Waals surface area (Å²) in [6.07, 6.45) is -2.47. The van der Waals surface area contributed by atoms with Crippen LogP contribution in [0.5, 0.6) is 0 Å². The molecule has 2 unspecified atom stereocenters. The molecule has 2 aromatic rings. The standard InChI is InChI=1S/C24H26F3N5O2/c1-15-12-32-19(18-5-3-2-4-17(15)18)13-31(14-21(32)33)22(34)16-7-10-30(11-8-16)23-28-9-6-20(29-23)24(25,26)27/h2-6,9,15-16,19H,7-8,10-14H2,1H3. The first kappa shape index (κ1) is 22.6. The lowest BCUT2D eigenvalue weighted by Gasteiger charge is -2.47. The molecule has 2 atom stereocenters. The van der Waals surface area contributed by atoms with Crippen molar-refractivity contribution >= 4 is 17.8 Å². The molecule has 7 nitrogen and oxygen atoms in total. The number of hydrogen-bond donors (Lipinski definition) is 0. The van der Waals surface area contributed by atoms with Gasteiger partial charge in [-0.25, -0.2) is 9.97 Å². The normalized spacial score (nSPS) is 23.5. The summed E-state index contributed by atoms with van der Waals surface area (Å²) in [6, 6.07) is 8.80. The molecule has 0 bridgehead atoms. The number of carbonyl (C=O) groups is 2. The van der Waals surface area contributed by atoms with Gasteiger partial charge in [0, 0.05) is 38.3 Å². The van der Waals surface area contributed by atoms with E-state index in [-0.39, 0.29) is 42.2 Å². The molecule has 180 valence electrons. The van der Waals surface area contributed by atoms with Crippen molar-refractivity contribution in [2.24, 2.45) is 5.92 Å². The van der Waals surface area contributed by atoms with E-state index in [2.05, 4.69) is 23.0 Å². The van der Waals surface area contributed by atoms with Crippen LogP contribution >= 0.6 is 0 Å². The van der Waals surface area contributed by atoms with Gasteiger partial charge in [0.2, 0.25) is 17.8 Å². The van der Waals surface area contributed by atoms with E-state index in [4.69, 9.17) is 0 Å². The van der Waals surface area contributed by atoms with Gasteiger partial charge < -0.3 is 14.7 Å². The van der Waals surface area contributed by atoms with Crippen molar-refractivity contribution in [2.75, 3.05) is 37.6 Å². The fourth-order valence-corrected chi connectivity index (χ4v) is 5.36. The van der Waals surface area contributed by atoms with Crippen molar-refractivity contribution in [1.82, 2.24) is 19.8 Å². The minimum absolute atomic E-state index is 0.0254. The molecule has 2 saturated heterocycles. The average Bonchev–Trinajstić information content (AvgIpc) is 2.84. The van der Waals surface area contributed by atoms with E-state index < -0.39 is 11.9 Å². The van der Waals surface area contributed by atoms with Crippen LogP contribution in [0.2, 0.25) is 0 Å². The Morgan fingerprint density at radius 1 is 1.06 bits per heavy atom. The molecule has 4 heterocycles. The lowest BCUT2D eigenvalue weighted by Crippen LogP contribution is -2.57. The highest BCUT2D eigenvalue weighted by molar-refractivity contribution is 5.88. The molecule has 0 N–H and O–H groups in total. The van der Waals surface area contributed by atoms with Crippen molar-refractivity contribution in [3.63, 3.8) is 0 Å². The van der Waals surface area contributed by atoms with Crippen LogP contribution in [-0.4, -0.2) is 64.3 Å². The highest BCUT2D eigenvalue weighted by Gasteiger charge is 2.42. The monoisotopic (exact) mass is 473 g/mol. The minimum atomic E-state index is -4.53. The van der Waals surface area contributed by atoms with Gasteiger partial charge in [0.15, 0.2) is 0 Å². The molecular weight excluding hydrogens is 447 g/mol. The Morgan fingerprint density at radius 3 is 2.47 bits per heavy atom. The van der Waals surface area contributed by atoms with E-state index in [9.17, 15) is 22.8 Å². The number of hydrogen-bond acceptors (Lipinski definition) is 5. The highest BCUT2D eigenvalue weighted by Crippen LogP contribution is 2.38. The van der Waals surface area contributed by atoms with Gasteiger partial charge in [0.1, 0.15) is 5.69 Å². The first-order chi connectivity index (χ1) is 16.2. The summed E-state index contributed by atoms with van der Waals surface area (Å²) in [7, 11) is 0. The third kappa shape index (κ3) is 4.10. The molecule has 0 spiro atoms. The van der Waals surface area contributed by atoms with E-state index in [1.54, 1.807) is 9.80 Å². The molecule has 3 aliphatic heterocycles. The molecule has 2 fully saturated rings. The molecule has 34 heavy (non-hydrogen) atoms. The van der Waals surface area contributed by atoms with E-state index in [0.29, 0.717) is 39.0 Å². The molecule has 0 radical (unpaired) electrons. The third-order valence-corrected chi connectivity index (χ3v) is 7.14. The Bertz CT molecular complexity index is 1100. The molecule has 10 heteroatoms. The Hall–Kier alpha value is -3.17. The maximum Gasteiger partial charge on any atom is 0.433 e. The van der Waals surface area contributed by atoms with E-state index in [1.165, 1.54) is 5.56 Å². The Morgan fingerprint density at radius 2 is 1.76 bits per heavy atom. The maximum absolute atomic E-state index is 13.3. The van der Waals surface area contributed by atoms with Crippen molar-refractivity contribution < 1.29 is 22.8 Å². The van der Waals surface area contributed by atoms with Gasteiger partial charge in [0.05, 0.1) is 12.6 Å². The summed E-state index contributed by atoms with van der Waals surface area (Å²) >= 11 is 0. The SMILES string of the molecule is CC1CN2C(=O)CN(C(=O)C3CCN(c4nccc(C(F)(F)F)n4)CC3)CC2c2ccccc21. The molecular formula is C24H26F3N5O2. The number of alkyl halides is 3. The second-order valence-corrected chi connectivity index (χ2v) is 9.31. The van der Waals surface area contributed by atoms with Crippen molar-refractivity contribution in [3.8, 4) is 0 Å². The summed E-state index contributed by atoms with van der Waals surface area (Å²) in [4.78, 5) is 39.2. The molecule has 5 rings (SSSR count). The van der Waals surface area contributed by atoms with Gasteiger partial charge in [-0.3, -0.25) is 9.59 Å². The molecule has 0 saturated carbocycles. The van der Waals surface area contributed by atoms with Gasteiger partial charge >= 0.3 is 6.18 Å². The highest BCUT2D eigenvalue weighted by atomic mass is 19.4. The number of rotatable bonds is 2. The third-order valence-electron chi connectivity index (χ3n) is 7.14. The first-order valence-corrected chi connectivity index (χ1v) is 11.5. The second-order valence-electron chi connectivity index (χ2n) is 9.31. The van der Waals surface area contributed by atoms with Gasteiger partial charge in [-0.1, -0.05) is 31.2 Å². The Kier molecular flexibility index (Phi) is 5.69. The molecule has 2 amide bonds. The fraction of sp³-hybridized carbons (Fsp3) is 0.500. The van der Waals surface area contributed by atoms with Crippen molar-refractivity contribution in [1.29, 1.82) is 0 Å². The number of piperidine rings is 1. The summed E-state index contributed by atoms with van der Waals surface area (Å²) in [5.41, 5.74) is 1.35. The number of anilines is 1. The summed E-state index contributed by atoms with van der Waals surface area (Å²) in [6.45, 7) is 4.07. The van der Waals surface area contributed by atoms with Gasteiger partial charge in [-0.05, 0) is 36.0 Å². The van der Waals surface area contributed by atoms with Crippen LogP contribution < -0.4 is 4.90 Å². The number of fused-ring (bicyclic) bond motifs is 3. The topological polar surface area (TPSA) is 69.6 Å². The maximum atomic E-state index is 13.3. The van der Waals surface area contributed by atoms with Crippen LogP contribution in [-0.2, 0) is 15.8 Å². The van der Waals surface area contributed by atoms with E-state index in [1.807, 2.05) is 23.1 Å². The van der Waals surface area contributed by atoms with Gasteiger partial charge in [0.25, 0.3) is 0 Å². The summed E-state index contributed by atoms with van der Waals surface area (Å²) in [5, 5.41) is 0. The summed E-state index contributed by atoms with van der Waals surface area (Å²) in [5.74, 6) is -0.105. The number of aromatic nitrogens is 2. The van der Waals surface area contributed by atoms with Gasteiger partial charge in [-0.15, -0.1) is 0 Å². The number of benzene rings is 1. The van der Waals surface area contributed by atoms with Crippen molar-refractivity contribution in [3.05, 3.63) is 53.3 Å². The average molecular weight is 473 g/mol. The van der Waals surface area contributed by atoms with Crippen LogP contribution in [0.25, 0.3) is 0 Å². The number of carbonyl (C=O) groups excluding carboxylic acids is 2. The lowest BCUT2D eigenvalue weighted by atomic mass is 9.84. The van der Waals surface area contributed by atoms with Crippen molar-refractivity contribution in [2.45, 2.75) is 37.9 Å². The Labute approximate surface area is 195 Å². The van der Waals surface area contributed by atoms with Crippen LogP contribution in [0.15, 0.2) is 36.5 Å². The predicted octanol–water partition coefficient (Wildman–Crippen LogP) is 3.24. The quantitative estimate of drug-likeness (QED) is 0.670. The predicted molar refractivity (Wildman–Crippen MR) is 118 cm³/mol. The first-order valence-electron chi connectivity index (χ1n) is 11.5. The van der Waals surface area contributed by atoms with E-state index >= 15 is 0 Å². The number of halogens is 3. The van der Waals surface area contributed by atoms with Gasteiger partial charge in [-0.2, -0.15) is 13.2 Å². The fourth-order valence-electron chi connectivity index (χ4n) is 5.36. The largest absolute Gasteiger partial charge is 0.433 e. The van der Waals surface area contributed by atoms with Crippen LogP contribution in [0, 0.1) is 5.92 Å². The molecule has 0 aliphatic carbocycles. The smallest absolute Gasteiger partial charge is 0.341 e. The molecule has 1 aromatic carbocycles. The number of amides is 2. The van der Waals surface area contributed by atoms with E-state index in [0.717, 1.165) is 17.8 Å².